The number of aromatic nitrogens is 2. The van der Waals surface area contributed by atoms with E-state index in [0.717, 1.165) is 5.69 Å². The van der Waals surface area contributed by atoms with Crippen LogP contribution in [0.1, 0.15) is 12.6 Å². The average Bonchev–Trinajstić information content (AvgIpc) is 2.18. The summed E-state index contributed by atoms with van der Waals surface area (Å²) in [6.45, 7) is 3.99. The van der Waals surface area contributed by atoms with E-state index in [1.165, 1.54) is 0 Å². The van der Waals surface area contributed by atoms with E-state index in [4.69, 9.17) is 0 Å². The van der Waals surface area contributed by atoms with Gasteiger partial charge in [-0.1, -0.05) is 6.08 Å². The fourth-order valence-electron chi connectivity index (χ4n) is 0.678. The van der Waals surface area contributed by atoms with Crippen LogP contribution in [0.5, 0.6) is 0 Å². The minimum atomic E-state index is 1.16. The normalized spacial score (nSPS) is 10.9. The minimum Gasteiger partial charge on any atom is -0.246 e. The van der Waals surface area contributed by atoms with Crippen molar-refractivity contribution in [2.24, 2.45) is 0 Å². The summed E-state index contributed by atoms with van der Waals surface area (Å²) in [5, 5.41) is 4.04. The second kappa shape index (κ2) is 2.49. The number of nitrogens with zero attached hydrogens (tertiary/aromatic N) is 2. The lowest BCUT2D eigenvalue weighted by Crippen LogP contribution is -1.89. The molecule has 2 nitrogen and oxygen atoms in total. The predicted octanol–water partition coefficient (Wildman–Crippen LogP) is 1.68. The maximum absolute atomic E-state index is 4.04. The SMILES string of the molecule is CC=Cn1nccc1C. The molecular formula is C7H10N2. The molecule has 0 spiro atoms. The fourth-order valence-corrected chi connectivity index (χ4v) is 0.678. The van der Waals surface area contributed by atoms with Crippen LogP contribution in [0.3, 0.4) is 0 Å². The van der Waals surface area contributed by atoms with Crippen molar-refractivity contribution < 1.29 is 0 Å². The Bertz CT molecular complexity index is 210. The summed E-state index contributed by atoms with van der Waals surface area (Å²) in [5.74, 6) is 0. The quantitative estimate of drug-likeness (QED) is 0.554. The lowest BCUT2D eigenvalue weighted by molar-refractivity contribution is 0.896. The summed E-state index contributed by atoms with van der Waals surface area (Å²) < 4.78 is 1.83. The summed E-state index contributed by atoms with van der Waals surface area (Å²) in [4.78, 5) is 0. The predicted molar refractivity (Wildman–Crippen MR) is 38.0 cm³/mol. The maximum Gasteiger partial charge on any atom is 0.0496 e. The van der Waals surface area contributed by atoms with Crippen molar-refractivity contribution in [1.82, 2.24) is 9.78 Å². The highest BCUT2D eigenvalue weighted by Crippen LogP contribution is 1.94. The number of allylic oxidation sites excluding steroid dienone is 1. The molecule has 1 aromatic heterocycles. The lowest BCUT2D eigenvalue weighted by atomic mass is 10.5. The van der Waals surface area contributed by atoms with E-state index in [-0.39, 0.29) is 0 Å². The van der Waals surface area contributed by atoms with E-state index >= 15 is 0 Å². The third-order valence-corrected chi connectivity index (χ3v) is 1.16. The molecule has 0 aliphatic rings. The van der Waals surface area contributed by atoms with Crippen molar-refractivity contribution in [2.45, 2.75) is 13.8 Å². The number of rotatable bonds is 1. The molecule has 0 saturated heterocycles. The van der Waals surface area contributed by atoms with Gasteiger partial charge in [-0.25, -0.2) is 4.68 Å². The molecule has 0 fully saturated rings. The second-order valence-corrected chi connectivity index (χ2v) is 1.90. The monoisotopic (exact) mass is 122 g/mol. The van der Waals surface area contributed by atoms with Gasteiger partial charge in [0, 0.05) is 18.1 Å². The van der Waals surface area contributed by atoms with Gasteiger partial charge >= 0.3 is 0 Å². The van der Waals surface area contributed by atoms with Gasteiger partial charge in [0.05, 0.1) is 0 Å². The number of hydrogen-bond donors (Lipinski definition) is 0. The highest BCUT2D eigenvalue weighted by Gasteiger charge is 1.87. The molecular weight excluding hydrogens is 112 g/mol. The van der Waals surface area contributed by atoms with Crippen LogP contribution in [-0.4, -0.2) is 9.78 Å². The molecule has 9 heavy (non-hydrogen) atoms. The van der Waals surface area contributed by atoms with Crippen LogP contribution >= 0.6 is 0 Å². The van der Waals surface area contributed by atoms with Crippen molar-refractivity contribution in [3.8, 4) is 0 Å². The van der Waals surface area contributed by atoms with Crippen LogP contribution in [-0.2, 0) is 0 Å². The van der Waals surface area contributed by atoms with Gasteiger partial charge in [-0.05, 0) is 19.9 Å². The van der Waals surface area contributed by atoms with Gasteiger partial charge in [0.2, 0.25) is 0 Å². The van der Waals surface area contributed by atoms with Crippen molar-refractivity contribution in [2.75, 3.05) is 0 Å². The molecule has 0 N–H and O–H groups in total. The molecule has 48 valence electrons. The third kappa shape index (κ3) is 1.19. The zero-order valence-electron chi connectivity index (χ0n) is 5.70. The summed E-state index contributed by atoms with van der Waals surface area (Å²) >= 11 is 0. The fraction of sp³-hybridized carbons (Fsp3) is 0.286. The standard InChI is InChI=1S/C7H10N2/c1-3-6-9-7(2)4-5-8-9/h3-6H,1-2H3. The van der Waals surface area contributed by atoms with Crippen molar-refractivity contribution >= 4 is 6.20 Å². The first-order valence-electron chi connectivity index (χ1n) is 2.97. The maximum atomic E-state index is 4.04. The smallest absolute Gasteiger partial charge is 0.0496 e. The first-order valence-corrected chi connectivity index (χ1v) is 2.97. The molecule has 0 atom stereocenters. The number of aryl methyl sites for hydroxylation is 1. The molecule has 1 aromatic rings. The van der Waals surface area contributed by atoms with Gasteiger partial charge in [-0.2, -0.15) is 5.10 Å². The Morgan fingerprint density at radius 3 is 2.89 bits per heavy atom. The van der Waals surface area contributed by atoms with Crippen molar-refractivity contribution in [3.63, 3.8) is 0 Å². The molecule has 2 heteroatoms. The Kier molecular flexibility index (Phi) is 1.68. The van der Waals surface area contributed by atoms with Gasteiger partial charge in [-0.3, -0.25) is 0 Å². The van der Waals surface area contributed by atoms with Crippen molar-refractivity contribution in [3.05, 3.63) is 24.0 Å². The van der Waals surface area contributed by atoms with Gasteiger partial charge in [0.25, 0.3) is 0 Å². The van der Waals surface area contributed by atoms with Gasteiger partial charge in [0.1, 0.15) is 0 Å². The zero-order chi connectivity index (χ0) is 6.69. The van der Waals surface area contributed by atoms with Gasteiger partial charge in [-0.15, -0.1) is 0 Å². The van der Waals surface area contributed by atoms with E-state index in [1.54, 1.807) is 6.20 Å². The lowest BCUT2D eigenvalue weighted by Gasteiger charge is -1.91. The largest absolute Gasteiger partial charge is 0.246 e. The summed E-state index contributed by atoms with van der Waals surface area (Å²) in [6, 6.07) is 1.97. The summed E-state index contributed by atoms with van der Waals surface area (Å²) in [6.07, 6.45) is 5.67. The Hall–Kier alpha value is -1.05. The van der Waals surface area contributed by atoms with Gasteiger partial charge < -0.3 is 0 Å². The molecule has 0 aliphatic carbocycles. The number of hydrogen-bond acceptors (Lipinski definition) is 1. The van der Waals surface area contributed by atoms with Crippen molar-refractivity contribution in [1.29, 1.82) is 0 Å². The van der Waals surface area contributed by atoms with E-state index in [9.17, 15) is 0 Å². The van der Waals surface area contributed by atoms with Gasteiger partial charge in [0.15, 0.2) is 0 Å². The molecule has 0 bridgehead atoms. The minimum absolute atomic E-state index is 1.16. The van der Waals surface area contributed by atoms with Crippen LogP contribution in [0.15, 0.2) is 18.3 Å². The molecule has 0 radical (unpaired) electrons. The Morgan fingerprint density at radius 2 is 2.44 bits per heavy atom. The van der Waals surface area contributed by atoms with E-state index in [1.807, 2.05) is 36.9 Å². The third-order valence-electron chi connectivity index (χ3n) is 1.16. The average molecular weight is 122 g/mol. The van der Waals surface area contributed by atoms with E-state index < -0.39 is 0 Å². The molecule has 0 aromatic carbocycles. The van der Waals surface area contributed by atoms with Crippen LogP contribution in [0, 0.1) is 6.92 Å². The Labute approximate surface area is 54.8 Å². The van der Waals surface area contributed by atoms with Crippen LogP contribution < -0.4 is 0 Å². The molecule has 1 heterocycles. The summed E-state index contributed by atoms with van der Waals surface area (Å²) in [7, 11) is 0. The first kappa shape index (κ1) is 6.08. The van der Waals surface area contributed by atoms with E-state index in [0.29, 0.717) is 0 Å². The Morgan fingerprint density at radius 1 is 1.67 bits per heavy atom. The van der Waals surface area contributed by atoms with E-state index in [2.05, 4.69) is 5.10 Å². The molecule has 0 aliphatic heterocycles. The molecule has 0 saturated carbocycles. The second-order valence-electron chi connectivity index (χ2n) is 1.90. The topological polar surface area (TPSA) is 17.8 Å². The highest BCUT2D eigenvalue weighted by atomic mass is 15.3. The van der Waals surface area contributed by atoms with Crippen LogP contribution in [0.25, 0.3) is 6.20 Å². The van der Waals surface area contributed by atoms with Crippen LogP contribution in [0.4, 0.5) is 0 Å². The Balaban J connectivity index is 2.94. The zero-order valence-corrected chi connectivity index (χ0v) is 5.70. The highest BCUT2D eigenvalue weighted by molar-refractivity contribution is 5.22. The molecule has 0 amide bonds. The molecule has 1 rings (SSSR count). The summed E-state index contributed by atoms with van der Waals surface area (Å²) in [5.41, 5.74) is 1.16. The molecule has 0 unspecified atom stereocenters. The van der Waals surface area contributed by atoms with Crippen LogP contribution in [0.2, 0.25) is 0 Å². The first-order chi connectivity index (χ1) is 4.34.